The Kier molecular flexibility index (Phi) is 6.56. The molecule has 0 fully saturated rings. The molecule has 0 amide bonds. The third-order valence-electron chi connectivity index (χ3n) is 2.78. The predicted molar refractivity (Wildman–Crippen MR) is 65.9 cm³/mol. The quantitative estimate of drug-likeness (QED) is 0.280. The normalized spacial score (nSPS) is 11.1. The van der Waals surface area contributed by atoms with Crippen LogP contribution in [0, 0.1) is 26.9 Å². The second-order valence-corrected chi connectivity index (χ2v) is 3.80. The van der Waals surface area contributed by atoms with Crippen LogP contribution in [0.3, 0.4) is 0 Å². The van der Waals surface area contributed by atoms with Crippen molar-refractivity contribution in [1.29, 1.82) is 5.26 Å². The van der Waals surface area contributed by atoms with E-state index in [0.29, 0.717) is 19.4 Å². The van der Waals surface area contributed by atoms with Gasteiger partial charge in [0.1, 0.15) is 0 Å². The van der Waals surface area contributed by atoms with Crippen molar-refractivity contribution in [3.8, 4) is 6.07 Å². The molecule has 0 saturated heterocycles. The molecule has 0 heterocycles. The average Bonchev–Trinajstić information content (AvgIpc) is 2.32. The Bertz CT molecular complexity index is 329. The van der Waals surface area contributed by atoms with Gasteiger partial charge in [-0.05, 0) is 19.6 Å². The first-order valence-electron chi connectivity index (χ1n) is 5.43. The van der Waals surface area contributed by atoms with Crippen LogP contribution >= 0.6 is 0 Å². The molecular formula is C11H18N4O2. The van der Waals surface area contributed by atoms with Crippen molar-refractivity contribution in [3.63, 3.8) is 0 Å². The fourth-order valence-corrected chi connectivity index (χ4v) is 1.50. The van der Waals surface area contributed by atoms with Crippen LogP contribution in [0.1, 0.15) is 26.7 Å². The van der Waals surface area contributed by atoms with Crippen LogP contribution in [0.15, 0.2) is 17.4 Å². The Morgan fingerprint density at radius 1 is 1.59 bits per heavy atom. The van der Waals surface area contributed by atoms with Crippen molar-refractivity contribution < 1.29 is 4.92 Å². The maximum atomic E-state index is 10.5. The zero-order valence-corrected chi connectivity index (χ0v) is 10.3. The average molecular weight is 238 g/mol. The number of hydrogen-bond acceptors (Lipinski definition) is 5. The third-order valence-corrected chi connectivity index (χ3v) is 2.78. The summed E-state index contributed by atoms with van der Waals surface area (Å²) < 4.78 is 0. The van der Waals surface area contributed by atoms with Gasteiger partial charge in [-0.25, -0.2) is 0 Å². The molecular weight excluding hydrogens is 220 g/mol. The van der Waals surface area contributed by atoms with Gasteiger partial charge in [-0.1, -0.05) is 13.8 Å². The molecule has 94 valence electrons. The molecule has 0 atom stereocenters. The van der Waals surface area contributed by atoms with E-state index in [2.05, 4.69) is 17.8 Å². The molecule has 0 saturated carbocycles. The topological polar surface area (TPSA) is 82.5 Å². The molecule has 0 aromatic rings. The van der Waals surface area contributed by atoms with Gasteiger partial charge in [0.25, 0.3) is 6.67 Å². The number of rotatable bonds is 8. The van der Waals surface area contributed by atoms with E-state index in [1.807, 2.05) is 13.8 Å². The summed E-state index contributed by atoms with van der Waals surface area (Å²) >= 11 is 0. The van der Waals surface area contributed by atoms with Gasteiger partial charge in [-0.15, -0.1) is 0 Å². The van der Waals surface area contributed by atoms with Gasteiger partial charge in [0.2, 0.25) is 0 Å². The smallest absolute Gasteiger partial charge is 0.277 e. The molecule has 0 aromatic heterocycles. The Labute approximate surface area is 101 Å². The number of nitriles is 1. The van der Waals surface area contributed by atoms with E-state index in [1.54, 1.807) is 0 Å². The molecule has 6 heteroatoms. The van der Waals surface area contributed by atoms with Crippen molar-refractivity contribution in [2.75, 3.05) is 13.2 Å². The molecule has 17 heavy (non-hydrogen) atoms. The minimum Gasteiger partial charge on any atom is -0.316 e. The highest BCUT2D eigenvalue weighted by Gasteiger charge is 2.29. The molecule has 6 nitrogen and oxygen atoms in total. The predicted octanol–water partition coefficient (Wildman–Crippen LogP) is 2.02. The van der Waals surface area contributed by atoms with E-state index < -0.39 is 10.3 Å². The van der Waals surface area contributed by atoms with Crippen LogP contribution in [-0.2, 0) is 0 Å². The maximum absolute atomic E-state index is 10.5. The van der Waals surface area contributed by atoms with Crippen molar-refractivity contribution in [3.05, 3.63) is 22.5 Å². The molecule has 0 bridgehead atoms. The molecule has 0 aliphatic rings. The lowest BCUT2D eigenvalue weighted by molar-refractivity contribution is -0.501. The Balaban J connectivity index is 4.82. The van der Waals surface area contributed by atoms with Gasteiger partial charge in [0.05, 0.1) is 11.5 Å². The molecule has 0 radical (unpaired) electrons. The highest BCUT2D eigenvalue weighted by molar-refractivity contribution is 5.25. The van der Waals surface area contributed by atoms with Crippen molar-refractivity contribution >= 4 is 6.72 Å². The van der Waals surface area contributed by atoms with Gasteiger partial charge >= 0.3 is 0 Å². The maximum Gasteiger partial charge on any atom is 0.277 e. The Hall–Kier alpha value is -1.90. The van der Waals surface area contributed by atoms with Gasteiger partial charge in [-0.2, -0.15) is 5.26 Å². The van der Waals surface area contributed by atoms with E-state index >= 15 is 0 Å². The van der Waals surface area contributed by atoms with Crippen LogP contribution in [-0.4, -0.2) is 29.8 Å². The first-order chi connectivity index (χ1) is 8.03. The van der Waals surface area contributed by atoms with Crippen LogP contribution in [0.25, 0.3) is 0 Å². The molecule has 0 spiro atoms. The highest BCUT2D eigenvalue weighted by atomic mass is 16.6. The van der Waals surface area contributed by atoms with E-state index in [0.717, 1.165) is 0 Å². The van der Waals surface area contributed by atoms with Gasteiger partial charge < -0.3 is 4.90 Å². The molecule has 0 N–H and O–H groups in total. The highest BCUT2D eigenvalue weighted by Crippen LogP contribution is 2.26. The standard InChI is InChI=1S/C11H18N4O2/c1-4-11(5-2,8-12)9-14(7-6-13-3)10-15(16)17/h6-7H,3-5,9-10H2,1-2H3/b7-6-. The van der Waals surface area contributed by atoms with Crippen molar-refractivity contribution in [2.45, 2.75) is 26.7 Å². The molecule has 0 aliphatic heterocycles. The number of nitro groups is 1. The second kappa shape index (κ2) is 7.39. The summed E-state index contributed by atoms with van der Waals surface area (Å²) in [5, 5.41) is 19.7. The fraction of sp³-hybridized carbons (Fsp3) is 0.636. The summed E-state index contributed by atoms with van der Waals surface area (Å²) in [4.78, 5) is 15.1. The van der Waals surface area contributed by atoms with E-state index in [4.69, 9.17) is 0 Å². The van der Waals surface area contributed by atoms with E-state index in [-0.39, 0.29) is 6.67 Å². The van der Waals surface area contributed by atoms with Crippen molar-refractivity contribution in [2.24, 2.45) is 10.4 Å². The van der Waals surface area contributed by atoms with Crippen LogP contribution in [0.2, 0.25) is 0 Å². The molecule has 0 rings (SSSR count). The first kappa shape index (κ1) is 15.1. The first-order valence-corrected chi connectivity index (χ1v) is 5.43. The van der Waals surface area contributed by atoms with Gasteiger partial charge in [-0.3, -0.25) is 15.1 Å². The minimum atomic E-state index is -0.554. The zero-order chi connectivity index (χ0) is 13.3. The third kappa shape index (κ3) is 5.11. The lowest BCUT2D eigenvalue weighted by atomic mass is 9.83. The fourth-order valence-electron chi connectivity index (χ4n) is 1.50. The van der Waals surface area contributed by atoms with Gasteiger partial charge in [0.15, 0.2) is 0 Å². The van der Waals surface area contributed by atoms with E-state index in [9.17, 15) is 15.4 Å². The SMILES string of the molecule is C=N/C=C\N(C[N+](=O)[O-])CC(C#N)(CC)CC. The minimum absolute atomic E-state index is 0.323. The Morgan fingerprint density at radius 2 is 2.18 bits per heavy atom. The molecule has 0 aliphatic carbocycles. The van der Waals surface area contributed by atoms with Crippen LogP contribution in [0.4, 0.5) is 0 Å². The second-order valence-electron chi connectivity index (χ2n) is 3.80. The number of aliphatic imine (C=N–C) groups is 1. The molecule has 0 aromatic carbocycles. The van der Waals surface area contributed by atoms with E-state index in [1.165, 1.54) is 17.3 Å². The lowest BCUT2D eigenvalue weighted by Crippen LogP contribution is -2.36. The summed E-state index contributed by atoms with van der Waals surface area (Å²) in [6.45, 7) is 7.07. The summed E-state index contributed by atoms with van der Waals surface area (Å²) in [5.74, 6) is 0. The van der Waals surface area contributed by atoms with Crippen molar-refractivity contribution in [1.82, 2.24) is 4.90 Å². The van der Waals surface area contributed by atoms with Crippen LogP contribution in [0.5, 0.6) is 0 Å². The number of nitrogens with zero attached hydrogens (tertiary/aromatic N) is 4. The monoisotopic (exact) mass is 238 g/mol. The molecule has 0 unspecified atom stereocenters. The number of hydrogen-bond donors (Lipinski definition) is 0. The summed E-state index contributed by atoms with van der Waals surface area (Å²) in [5.41, 5.74) is -0.554. The summed E-state index contributed by atoms with van der Waals surface area (Å²) in [6.07, 6.45) is 4.19. The summed E-state index contributed by atoms with van der Waals surface area (Å²) in [6, 6.07) is 2.25. The van der Waals surface area contributed by atoms with Crippen LogP contribution < -0.4 is 0 Å². The Morgan fingerprint density at radius 3 is 2.53 bits per heavy atom. The zero-order valence-electron chi connectivity index (χ0n) is 10.3. The lowest BCUT2D eigenvalue weighted by Gasteiger charge is -2.28. The largest absolute Gasteiger partial charge is 0.316 e. The van der Waals surface area contributed by atoms with Gasteiger partial charge in [0, 0.05) is 23.9 Å². The summed E-state index contributed by atoms with van der Waals surface area (Å²) in [7, 11) is 0.